The van der Waals surface area contributed by atoms with Crippen molar-refractivity contribution in [1.82, 2.24) is 19.8 Å². The summed E-state index contributed by atoms with van der Waals surface area (Å²) < 4.78 is 0. The second kappa shape index (κ2) is 6.66. The number of amides is 2. The molecule has 1 aliphatic heterocycles. The fourth-order valence-electron chi connectivity index (χ4n) is 3.22. The van der Waals surface area contributed by atoms with Crippen molar-refractivity contribution in [2.75, 3.05) is 13.6 Å². The second-order valence-corrected chi connectivity index (χ2v) is 6.76. The van der Waals surface area contributed by atoms with E-state index < -0.39 is 0 Å². The predicted octanol–water partition coefficient (Wildman–Crippen LogP) is 1.14. The normalized spacial score (nSPS) is 17.5. The Morgan fingerprint density at radius 1 is 1.36 bits per heavy atom. The van der Waals surface area contributed by atoms with Gasteiger partial charge in [0.05, 0.1) is 23.4 Å². The number of carbonyl (C=O) groups excluding carboxylic acids is 2. The number of nitrogens with one attached hydrogen (secondary N) is 1. The monoisotopic (exact) mass is 342 g/mol. The smallest absolute Gasteiger partial charge is 0.258 e. The summed E-state index contributed by atoms with van der Waals surface area (Å²) in [5, 5.41) is 0.522. The van der Waals surface area contributed by atoms with Gasteiger partial charge in [0, 0.05) is 26.1 Å². The van der Waals surface area contributed by atoms with Crippen LogP contribution in [0.1, 0.15) is 26.1 Å². The molecule has 0 spiro atoms. The van der Waals surface area contributed by atoms with Gasteiger partial charge in [0.15, 0.2) is 0 Å². The third-order valence-corrected chi connectivity index (χ3v) is 4.56. The Bertz CT molecular complexity index is 874. The van der Waals surface area contributed by atoms with Crippen molar-refractivity contribution in [1.29, 1.82) is 0 Å². The molecule has 1 fully saturated rings. The molecule has 0 unspecified atom stereocenters. The van der Waals surface area contributed by atoms with Gasteiger partial charge in [-0.2, -0.15) is 0 Å². The SMILES string of the molecule is CC(C)N1C[C@H](C(=O)N(C)Cc2nc3ccccc3c(=O)[nH]2)CC1=O. The molecule has 2 amide bonds. The summed E-state index contributed by atoms with van der Waals surface area (Å²) in [6.07, 6.45) is 0.239. The molecule has 1 saturated heterocycles. The summed E-state index contributed by atoms with van der Waals surface area (Å²) in [5.41, 5.74) is 0.382. The van der Waals surface area contributed by atoms with Crippen molar-refractivity contribution in [2.24, 2.45) is 5.92 Å². The van der Waals surface area contributed by atoms with Crippen molar-refractivity contribution in [3.63, 3.8) is 0 Å². The molecule has 1 aromatic carbocycles. The van der Waals surface area contributed by atoms with Gasteiger partial charge >= 0.3 is 0 Å². The second-order valence-electron chi connectivity index (χ2n) is 6.76. The molecular formula is C18H22N4O3. The number of aromatic amines is 1. The number of H-pyrrole nitrogens is 1. The molecule has 25 heavy (non-hydrogen) atoms. The highest BCUT2D eigenvalue weighted by molar-refractivity contribution is 5.89. The van der Waals surface area contributed by atoms with E-state index in [0.29, 0.717) is 23.3 Å². The zero-order valence-electron chi connectivity index (χ0n) is 14.7. The summed E-state index contributed by atoms with van der Waals surface area (Å²) in [7, 11) is 1.67. The maximum absolute atomic E-state index is 12.6. The summed E-state index contributed by atoms with van der Waals surface area (Å²) >= 11 is 0. The van der Waals surface area contributed by atoms with Crippen LogP contribution >= 0.6 is 0 Å². The fourth-order valence-corrected chi connectivity index (χ4v) is 3.22. The Labute approximate surface area is 145 Å². The van der Waals surface area contributed by atoms with Gasteiger partial charge in [-0.05, 0) is 26.0 Å². The average Bonchev–Trinajstić information content (AvgIpc) is 2.96. The largest absolute Gasteiger partial charge is 0.339 e. The minimum Gasteiger partial charge on any atom is -0.339 e. The van der Waals surface area contributed by atoms with Gasteiger partial charge in [0.1, 0.15) is 5.82 Å². The zero-order chi connectivity index (χ0) is 18.1. The highest BCUT2D eigenvalue weighted by atomic mass is 16.2. The standard InChI is InChI=1S/C18H22N4O3/c1-11(2)22-9-12(8-16(22)23)18(25)21(3)10-15-19-14-7-5-4-6-13(14)17(24)20-15/h4-7,11-12H,8-10H2,1-3H3,(H,19,20,24)/t12-/m1/s1. The van der Waals surface area contributed by atoms with E-state index >= 15 is 0 Å². The lowest BCUT2D eigenvalue weighted by molar-refractivity contribution is -0.135. The molecule has 3 rings (SSSR count). The lowest BCUT2D eigenvalue weighted by Gasteiger charge is -2.23. The molecule has 1 aromatic heterocycles. The molecule has 0 radical (unpaired) electrons. The number of hydrogen-bond donors (Lipinski definition) is 1. The number of benzene rings is 1. The molecule has 7 heteroatoms. The van der Waals surface area contributed by atoms with E-state index in [0.717, 1.165) is 0 Å². The Hall–Kier alpha value is -2.70. The quantitative estimate of drug-likeness (QED) is 0.903. The Balaban J connectivity index is 1.74. The Morgan fingerprint density at radius 2 is 2.08 bits per heavy atom. The van der Waals surface area contributed by atoms with E-state index in [9.17, 15) is 14.4 Å². The van der Waals surface area contributed by atoms with Crippen molar-refractivity contribution in [2.45, 2.75) is 32.9 Å². The van der Waals surface area contributed by atoms with Gasteiger partial charge in [-0.15, -0.1) is 0 Å². The first-order valence-corrected chi connectivity index (χ1v) is 8.39. The summed E-state index contributed by atoms with van der Waals surface area (Å²) in [6, 6.07) is 7.18. The van der Waals surface area contributed by atoms with Gasteiger partial charge in [-0.25, -0.2) is 4.98 Å². The number of fused-ring (bicyclic) bond motifs is 1. The molecular weight excluding hydrogens is 320 g/mol. The first kappa shape index (κ1) is 17.1. The molecule has 7 nitrogen and oxygen atoms in total. The van der Waals surface area contributed by atoms with Crippen LogP contribution in [0, 0.1) is 5.92 Å². The number of hydrogen-bond acceptors (Lipinski definition) is 4. The lowest BCUT2D eigenvalue weighted by Crippen LogP contribution is -2.36. The topological polar surface area (TPSA) is 86.4 Å². The van der Waals surface area contributed by atoms with Crippen LogP contribution in [0.15, 0.2) is 29.1 Å². The summed E-state index contributed by atoms with van der Waals surface area (Å²) in [5.74, 6) is 0.00274. The van der Waals surface area contributed by atoms with Gasteiger partial charge in [-0.3, -0.25) is 14.4 Å². The number of para-hydroxylation sites is 1. The molecule has 0 aliphatic carbocycles. The van der Waals surface area contributed by atoms with Gasteiger partial charge in [-0.1, -0.05) is 12.1 Å². The average molecular weight is 342 g/mol. The van der Waals surface area contributed by atoms with Crippen LogP contribution in [-0.4, -0.2) is 51.2 Å². The summed E-state index contributed by atoms with van der Waals surface area (Å²) in [4.78, 5) is 47.1. The number of nitrogens with zero attached hydrogens (tertiary/aromatic N) is 3. The van der Waals surface area contributed by atoms with E-state index in [1.807, 2.05) is 19.9 Å². The van der Waals surface area contributed by atoms with Crippen LogP contribution in [0.2, 0.25) is 0 Å². The molecule has 1 N–H and O–H groups in total. The number of rotatable bonds is 4. The Kier molecular flexibility index (Phi) is 4.57. The van der Waals surface area contributed by atoms with Crippen molar-refractivity contribution in [3.05, 3.63) is 40.4 Å². The van der Waals surface area contributed by atoms with Crippen molar-refractivity contribution < 1.29 is 9.59 Å². The third kappa shape index (κ3) is 3.40. The first-order chi connectivity index (χ1) is 11.9. The van der Waals surface area contributed by atoms with Gasteiger partial charge < -0.3 is 14.8 Å². The number of carbonyl (C=O) groups is 2. The highest BCUT2D eigenvalue weighted by Crippen LogP contribution is 2.22. The van der Waals surface area contributed by atoms with Crippen molar-refractivity contribution >= 4 is 22.7 Å². The van der Waals surface area contributed by atoms with Crippen LogP contribution in [0.25, 0.3) is 10.9 Å². The van der Waals surface area contributed by atoms with Crippen LogP contribution < -0.4 is 5.56 Å². The maximum atomic E-state index is 12.6. The van der Waals surface area contributed by atoms with E-state index in [4.69, 9.17) is 0 Å². The Morgan fingerprint density at radius 3 is 2.76 bits per heavy atom. The molecule has 2 aromatic rings. The third-order valence-electron chi connectivity index (χ3n) is 4.56. The molecule has 0 saturated carbocycles. The highest BCUT2D eigenvalue weighted by Gasteiger charge is 2.36. The fraction of sp³-hybridized carbons (Fsp3) is 0.444. The van der Waals surface area contributed by atoms with E-state index in [1.165, 1.54) is 4.90 Å². The van der Waals surface area contributed by atoms with Gasteiger partial charge in [0.2, 0.25) is 11.8 Å². The van der Waals surface area contributed by atoms with E-state index in [1.54, 1.807) is 30.1 Å². The minimum atomic E-state index is -0.341. The maximum Gasteiger partial charge on any atom is 0.258 e. The van der Waals surface area contributed by atoms with Crippen LogP contribution in [0.4, 0.5) is 0 Å². The molecule has 1 atom stereocenters. The summed E-state index contributed by atoms with van der Waals surface area (Å²) in [6.45, 7) is 4.53. The van der Waals surface area contributed by atoms with Crippen LogP contribution in [0.3, 0.4) is 0 Å². The lowest BCUT2D eigenvalue weighted by atomic mass is 10.1. The molecule has 1 aliphatic rings. The van der Waals surface area contributed by atoms with E-state index in [2.05, 4.69) is 9.97 Å². The predicted molar refractivity (Wildman–Crippen MR) is 93.8 cm³/mol. The first-order valence-electron chi connectivity index (χ1n) is 8.39. The number of aromatic nitrogens is 2. The molecule has 2 heterocycles. The molecule has 132 valence electrons. The zero-order valence-corrected chi connectivity index (χ0v) is 14.7. The molecule has 0 bridgehead atoms. The van der Waals surface area contributed by atoms with E-state index in [-0.39, 0.29) is 42.3 Å². The number of likely N-dealkylation sites (tertiary alicyclic amines) is 1. The van der Waals surface area contributed by atoms with Crippen LogP contribution in [0.5, 0.6) is 0 Å². The van der Waals surface area contributed by atoms with Crippen LogP contribution in [-0.2, 0) is 16.1 Å². The van der Waals surface area contributed by atoms with Gasteiger partial charge in [0.25, 0.3) is 5.56 Å². The van der Waals surface area contributed by atoms with Crippen molar-refractivity contribution in [3.8, 4) is 0 Å². The minimum absolute atomic E-state index is 0.0130.